The Kier molecular flexibility index (Phi) is 5.49. The van der Waals surface area contributed by atoms with E-state index >= 15 is 0 Å². The molecule has 1 saturated carbocycles. The molecule has 26 heavy (non-hydrogen) atoms. The van der Waals surface area contributed by atoms with Crippen molar-refractivity contribution in [1.82, 2.24) is 15.3 Å². The number of hydrogen-bond acceptors (Lipinski definition) is 5. The molecule has 2 aromatic rings. The fourth-order valence-electron chi connectivity index (χ4n) is 3.25. The van der Waals surface area contributed by atoms with Gasteiger partial charge in [-0.1, -0.05) is 6.92 Å². The molecule has 0 unspecified atom stereocenters. The van der Waals surface area contributed by atoms with Crippen LogP contribution in [0.5, 0.6) is 0 Å². The van der Waals surface area contributed by atoms with Gasteiger partial charge in [0.05, 0.1) is 28.0 Å². The van der Waals surface area contributed by atoms with Crippen LogP contribution in [0, 0.1) is 19.8 Å². The van der Waals surface area contributed by atoms with Crippen LogP contribution in [-0.4, -0.2) is 34.5 Å². The minimum Gasteiger partial charge on any atom is -0.452 e. The summed E-state index contributed by atoms with van der Waals surface area (Å²) in [7, 11) is 0. The first-order chi connectivity index (χ1) is 12.4. The number of carbonyl (C=O) groups is 2. The Labute approximate surface area is 153 Å². The number of carbonyl (C=O) groups excluding carboxylic acids is 2. The molecule has 6 heteroatoms. The van der Waals surface area contributed by atoms with Gasteiger partial charge in [-0.2, -0.15) is 0 Å². The van der Waals surface area contributed by atoms with Crippen LogP contribution in [0.25, 0.3) is 11.0 Å². The van der Waals surface area contributed by atoms with Crippen molar-refractivity contribution in [2.75, 3.05) is 6.61 Å². The molecule has 3 rings (SSSR count). The zero-order valence-corrected chi connectivity index (χ0v) is 15.5. The van der Waals surface area contributed by atoms with E-state index in [9.17, 15) is 9.59 Å². The quantitative estimate of drug-likeness (QED) is 0.852. The maximum Gasteiger partial charge on any atom is 0.338 e. The van der Waals surface area contributed by atoms with Gasteiger partial charge in [-0.15, -0.1) is 0 Å². The summed E-state index contributed by atoms with van der Waals surface area (Å²) >= 11 is 0. The van der Waals surface area contributed by atoms with Crippen LogP contribution in [0.1, 0.15) is 54.4 Å². The van der Waals surface area contributed by atoms with Crippen LogP contribution < -0.4 is 5.32 Å². The number of esters is 1. The van der Waals surface area contributed by atoms with Gasteiger partial charge >= 0.3 is 5.97 Å². The first-order valence-corrected chi connectivity index (χ1v) is 9.14. The monoisotopic (exact) mass is 355 g/mol. The molecule has 6 nitrogen and oxygen atoms in total. The second-order valence-electron chi connectivity index (χ2n) is 7.20. The number of ether oxygens (including phenoxy) is 1. The van der Waals surface area contributed by atoms with E-state index in [1.165, 1.54) is 0 Å². The summed E-state index contributed by atoms with van der Waals surface area (Å²) in [5, 5.41) is 2.95. The van der Waals surface area contributed by atoms with Crippen molar-refractivity contribution in [2.45, 2.75) is 52.5 Å². The summed E-state index contributed by atoms with van der Waals surface area (Å²) < 4.78 is 5.16. The van der Waals surface area contributed by atoms with Gasteiger partial charge in [0.2, 0.25) is 0 Å². The van der Waals surface area contributed by atoms with E-state index in [4.69, 9.17) is 4.74 Å². The van der Waals surface area contributed by atoms with Crippen LogP contribution in [0.15, 0.2) is 18.2 Å². The Morgan fingerprint density at radius 3 is 2.42 bits per heavy atom. The minimum atomic E-state index is -0.528. The molecular weight excluding hydrogens is 330 g/mol. The summed E-state index contributed by atoms with van der Waals surface area (Å²) in [4.78, 5) is 33.1. The molecule has 0 saturated heterocycles. The van der Waals surface area contributed by atoms with Crippen molar-refractivity contribution < 1.29 is 14.3 Å². The molecule has 1 aliphatic carbocycles. The number of fused-ring (bicyclic) bond motifs is 1. The highest BCUT2D eigenvalue weighted by Crippen LogP contribution is 2.23. The smallest absolute Gasteiger partial charge is 0.338 e. The lowest BCUT2D eigenvalue weighted by molar-refractivity contribution is -0.125. The van der Waals surface area contributed by atoms with Crippen molar-refractivity contribution in [2.24, 2.45) is 5.92 Å². The lowest BCUT2D eigenvalue weighted by Crippen LogP contribution is -2.39. The predicted molar refractivity (Wildman–Crippen MR) is 98.9 cm³/mol. The van der Waals surface area contributed by atoms with Crippen molar-refractivity contribution in [3.8, 4) is 0 Å². The fourth-order valence-corrected chi connectivity index (χ4v) is 3.25. The lowest BCUT2D eigenvalue weighted by Gasteiger charge is -2.26. The van der Waals surface area contributed by atoms with Gasteiger partial charge in [0.25, 0.3) is 5.91 Å². The average Bonchev–Trinajstić information content (AvgIpc) is 2.62. The molecule has 0 radical (unpaired) electrons. The zero-order chi connectivity index (χ0) is 18.7. The second-order valence-corrected chi connectivity index (χ2v) is 7.20. The number of hydrogen-bond donors (Lipinski definition) is 1. The third-order valence-electron chi connectivity index (χ3n) is 5.03. The predicted octanol–water partition coefficient (Wildman–Crippen LogP) is 3.10. The molecular formula is C20H25N3O3. The second kappa shape index (κ2) is 7.81. The molecule has 1 N–H and O–H groups in total. The van der Waals surface area contributed by atoms with Gasteiger partial charge in [-0.05, 0) is 63.6 Å². The summed E-state index contributed by atoms with van der Waals surface area (Å²) in [6.07, 6.45) is 4.23. The van der Waals surface area contributed by atoms with Crippen molar-refractivity contribution in [3.05, 3.63) is 35.2 Å². The largest absolute Gasteiger partial charge is 0.452 e. The average molecular weight is 355 g/mol. The molecule has 1 aromatic carbocycles. The first kappa shape index (κ1) is 18.3. The Morgan fingerprint density at radius 2 is 1.73 bits per heavy atom. The number of nitrogens with zero attached hydrogens (tertiary/aromatic N) is 2. The molecule has 1 amide bonds. The molecule has 1 aromatic heterocycles. The minimum absolute atomic E-state index is 0.194. The number of amides is 1. The van der Waals surface area contributed by atoms with Crippen molar-refractivity contribution >= 4 is 22.9 Å². The third kappa shape index (κ3) is 4.36. The Balaban J connectivity index is 1.57. The number of benzene rings is 1. The van der Waals surface area contributed by atoms with Crippen molar-refractivity contribution in [3.63, 3.8) is 0 Å². The van der Waals surface area contributed by atoms with E-state index in [1.807, 2.05) is 13.8 Å². The van der Waals surface area contributed by atoms with Gasteiger partial charge in [0, 0.05) is 6.04 Å². The van der Waals surface area contributed by atoms with Crippen molar-refractivity contribution in [1.29, 1.82) is 0 Å². The standard InChI is InChI=1S/C20H25N3O3/c1-12-4-7-16(8-5-12)23-19(24)11-26-20(25)15-6-9-17-18(10-15)22-14(3)13(2)21-17/h6,9-10,12,16H,4-5,7-8,11H2,1-3H3,(H,23,24). The van der Waals surface area contributed by atoms with E-state index in [0.29, 0.717) is 11.1 Å². The van der Waals surface area contributed by atoms with E-state index in [-0.39, 0.29) is 18.6 Å². The number of nitrogens with one attached hydrogen (secondary N) is 1. The van der Waals surface area contributed by atoms with Gasteiger partial charge < -0.3 is 10.1 Å². The normalized spacial score (nSPS) is 20.0. The molecule has 0 aliphatic heterocycles. The molecule has 1 aliphatic rings. The highest BCUT2D eigenvalue weighted by atomic mass is 16.5. The van der Waals surface area contributed by atoms with Crippen LogP contribution in [-0.2, 0) is 9.53 Å². The van der Waals surface area contributed by atoms with E-state index in [2.05, 4.69) is 22.2 Å². The van der Waals surface area contributed by atoms with Crippen LogP contribution in [0.4, 0.5) is 0 Å². The highest BCUT2D eigenvalue weighted by Gasteiger charge is 2.20. The maximum absolute atomic E-state index is 12.2. The fraction of sp³-hybridized carbons (Fsp3) is 0.500. The molecule has 0 spiro atoms. The molecule has 0 atom stereocenters. The number of rotatable bonds is 4. The summed E-state index contributed by atoms with van der Waals surface area (Å²) in [6.45, 7) is 5.75. The topological polar surface area (TPSA) is 81.2 Å². The highest BCUT2D eigenvalue weighted by molar-refractivity contribution is 5.94. The van der Waals surface area contributed by atoms with Crippen LogP contribution >= 0.6 is 0 Å². The van der Waals surface area contributed by atoms with E-state index < -0.39 is 5.97 Å². The summed E-state index contributed by atoms with van der Waals surface area (Å²) in [5.41, 5.74) is 3.43. The number of aryl methyl sites for hydroxylation is 2. The SMILES string of the molecule is Cc1nc2ccc(C(=O)OCC(=O)NC3CCC(C)CC3)cc2nc1C. The third-order valence-corrected chi connectivity index (χ3v) is 5.03. The Bertz CT molecular complexity index is 826. The van der Waals surface area contributed by atoms with Crippen LogP contribution in [0.2, 0.25) is 0 Å². The Hall–Kier alpha value is -2.50. The van der Waals surface area contributed by atoms with Gasteiger partial charge in [-0.3, -0.25) is 4.79 Å². The van der Waals surface area contributed by atoms with Gasteiger partial charge in [0.1, 0.15) is 0 Å². The van der Waals surface area contributed by atoms with E-state index in [0.717, 1.165) is 48.5 Å². The Morgan fingerprint density at radius 1 is 1.08 bits per heavy atom. The van der Waals surface area contributed by atoms with Gasteiger partial charge in [-0.25, -0.2) is 14.8 Å². The summed E-state index contributed by atoms with van der Waals surface area (Å²) in [5.74, 6) is -0.0475. The molecule has 138 valence electrons. The molecule has 1 fully saturated rings. The number of aromatic nitrogens is 2. The first-order valence-electron chi connectivity index (χ1n) is 9.14. The molecule has 0 bridgehead atoms. The lowest BCUT2D eigenvalue weighted by atomic mass is 9.87. The van der Waals surface area contributed by atoms with E-state index in [1.54, 1.807) is 18.2 Å². The zero-order valence-electron chi connectivity index (χ0n) is 15.5. The van der Waals surface area contributed by atoms with Gasteiger partial charge in [0.15, 0.2) is 6.61 Å². The maximum atomic E-state index is 12.2. The van der Waals surface area contributed by atoms with Crippen LogP contribution in [0.3, 0.4) is 0 Å². The summed E-state index contributed by atoms with van der Waals surface area (Å²) in [6, 6.07) is 5.24. The molecule has 1 heterocycles.